The van der Waals surface area contributed by atoms with Crippen molar-refractivity contribution < 1.29 is 4.42 Å². The van der Waals surface area contributed by atoms with Crippen LogP contribution in [0.1, 0.15) is 67.4 Å². The first-order valence-electron chi connectivity index (χ1n) is 10.1. The normalized spacial score (nSPS) is 12.7. The molecular weight excluding hydrogens is 356 g/mol. The average Bonchev–Trinajstić information content (AvgIpc) is 3.16. The van der Waals surface area contributed by atoms with Gasteiger partial charge in [0.15, 0.2) is 0 Å². The van der Waals surface area contributed by atoms with E-state index in [1.54, 1.807) is 0 Å². The molecular formula is C26H30N2O. The highest BCUT2D eigenvalue weighted by Gasteiger charge is 2.12. The van der Waals surface area contributed by atoms with Gasteiger partial charge in [-0.05, 0) is 74.9 Å². The van der Waals surface area contributed by atoms with E-state index in [4.69, 9.17) is 14.4 Å². The molecule has 1 heterocycles. The van der Waals surface area contributed by atoms with Crippen LogP contribution in [-0.4, -0.2) is 11.4 Å². The third-order valence-electron chi connectivity index (χ3n) is 5.21. The summed E-state index contributed by atoms with van der Waals surface area (Å²) >= 11 is 0. The molecule has 0 atom stereocenters. The molecule has 0 spiro atoms. The summed E-state index contributed by atoms with van der Waals surface area (Å²) in [6.07, 6.45) is 0. The van der Waals surface area contributed by atoms with Gasteiger partial charge in [-0.3, -0.25) is 0 Å². The summed E-state index contributed by atoms with van der Waals surface area (Å²) in [5.41, 5.74) is 8.53. The number of rotatable bonds is 5. The van der Waals surface area contributed by atoms with Crippen LogP contribution in [0.15, 0.2) is 62.9 Å². The Kier molecular flexibility index (Phi) is 6.17. The summed E-state index contributed by atoms with van der Waals surface area (Å²) in [4.78, 5) is 9.74. The fraction of sp³-hybridized carbons (Fsp3) is 0.308. The maximum absolute atomic E-state index is 6.11. The maximum Gasteiger partial charge on any atom is 0.148 e. The fourth-order valence-corrected chi connectivity index (χ4v) is 3.45. The molecule has 0 fully saturated rings. The second kappa shape index (κ2) is 8.60. The molecule has 0 unspecified atom stereocenters. The van der Waals surface area contributed by atoms with Crippen LogP contribution in [0.5, 0.6) is 0 Å². The molecule has 0 N–H and O–H groups in total. The molecule has 2 aromatic carbocycles. The lowest BCUT2D eigenvalue weighted by molar-refractivity contribution is 0.547. The quantitative estimate of drug-likeness (QED) is 0.416. The smallest absolute Gasteiger partial charge is 0.148 e. The SMILES string of the molecule is CC(=Nc1c(C)cccc1C)c1ccc(C(C)=Nc2c(C)cccc2C(C)C)o1. The van der Waals surface area contributed by atoms with Crippen molar-refractivity contribution in [3.8, 4) is 0 Å². The lowest BCUT2D eigenvalue weighted by Crippen LogP contribution is -1.96. The Morgan fingerprint density at radius 1 is 0.690 bits per heavy atom. The molecule has 0 amide bonds. The van der Waals surface area contributed by atoms with Crippen molar-refractivity contribution in [3.63, 3.8) is 0 Å². The second-order valence-corrected chi connectivity index (χ2v) is 7.97. The van der Waals surface area contributed by atoms with Crippen molar-refractivity contribution in [1.29, 1.82) is 0 Å². The molecule has 3 aromatic rings. The molecule has 1 aromatic heterocycles. The van der Waals surface area contributed by atoms with Crippen LogP contribution >= 0.6 is 0 Å². The highest BCUT2D eigenvalue weighted by molar-refractivity contribution is 6.02. The van der Waals surface area contributed by atoms with Crippen molar-refractivity contribution in [2.24, 2.45) is 9.98 Å². The van der Waals surface area contributed by atoms with Gasteiger partial charge in [-0.25, -0.2) is 9.98 Å². The zero-order valence-electron chi connectivity index (χ0n) is 18.5. The third-order valence-corrected chi connectivity index (χ3v) is 5.21. The van der Waals surface area contributed by atoms with E-state index in [2.05, 4.69) is 71.0 Å². The van der Waals surface area contributed by atoms with E-state index in [1.807, 2.05) is 26.0 Å². The van der Waals surface area contributed by atoms with Crippen molar-refractivity contribution in [2.45, 2.75) is 54.4 Å². The first kappa shape index (κ1) is 20.8. The van der Waals surface area contributed by atoms with Gasteiger partial charge in [-0.15, -0.1) is 0 Å². The molecule has 0 radical (unpaired) electrons. The first-order valence-corrected chi connectivity index (χ1v) is 10.1. The largest absolute Gasteiger partial charge is 0.454 e. The minimum Gasteiger partial charge on any atom is -0.454 e. The molecule has 150 valence electrons. The van der Waals surface area contributed by atoms with Crippen LogP contribution in [0.4, 0.5) is 11.4 Å². The van der Waals surface area contributed by atoms with Gasteiger partial charge in [0.05, 0.1) is 22.8 Å². The minimum atomic E-state index is 0.417. The topological polar surface area (TPSA) is 37.9 Å². The molecule has 3 nitrogen and oxygen atoms in total. The summed E-state index contributed by atoms with van der Waals surface area (Å²) in [5, 5.41) is 0. The Morgan fingerprint density at radius 3 is 1.66 bits per heavy atom. The molecule has 0 saturated heterocycles. The number of hydrogen-bond acceptors (Lipinski definition) is 3. The standard InChI is InChI=1S/C26H30N2O/c1-16(2)22-13-9-12-19(5)26(22)28-21(7)24-15-14-23(29-24)20(6)27-25-17(3)10-8-11-18(25)4/h8-16H,1-7H3. The number of furan rings is 1. The molecule has 0 aliphatic heterocycles. The van der Waals surface area contributed by atoms with Crippen LogP contribution in [0.2, 0.25) is 0 Å². The van der Waals surface area contributed by atoms with Crippen LogP contribution in [0, 0.1) is 20.8 Å². The van der Waals surface area contributed by atoms with Crippen LogP contribution in [-0.2, 0) is 0 Å². The summed E-state index contributed by atoms with van der Waals surface area (Å²) < 4.78 is 6.11. The maximum atomic E-state index is 6.11. The summed E-state index contributed by atoms with van der Waals surface area (Å²) in [6, 6.07) is 16.5. The monoisotopic (exact) mass is 386 g/mol. The summed E-state index contributed by atoms with van der Waals surface area (Å²) in [7, 11) is 0. The number of aliphatic imine (C=N–C) groups is 2. The predicted molar refractivity (Wildman–Crippen MR) is 124 cm³/mol. The zero-order valence-corrected chi connectivity index (χ0v) is 18.5. The van der Waals surface area contributed by atoms with Gasteiger partial charge in [0.25, 0.3) is 0 Å². The van der Waals surface area contributed by atoms with Crippen LogP contribution in [0.3, 0.4) is 0 Å². The van der Waals surface area contributed by atoms with E-state index in [9.17, 15) is 0 Å². The third kappa shape index (κ3) is 4.56. The zero-order chi connectivity index (χ0) is 21.1. The Hall–Kier alpha value is -2.94. The Labute approximate surface area is 174 Å². The van der Waals surface area contributed by atoms with E-state index < -0.39 is 0 Å². The molecule has 3 heteroatoms. The van der Waals surface area contributed by atoms with Gasteiger partial charge < -0.3 is 4.42 Å². The molecule has 0 saturated carbocycles. The van der Waals surface area contributed by atoms with Gasteiger partial charge in [0.2, 0.25) is 0 Å². The van der Waals surface area contributed by atoms with Gasteiger partial charge in [0, 0.05) is 0 Å². The van der Waals surface area contributed by atoms with Crippen molar-refractivity contribution in [3.05, 3.63) is 82.3 Å². The first-order chi connectivity index (χ1) is 13.8. The molecule has 0 aliphatic rings. The van der Waals surface area contributed by atoms with Gasteiger partial charge >= 0.3 is 0 Å². The number of benzene rings is 2. The average molecular weight is 387 g/mol. The lowest BCUT2D eigenvalue weighted by atomic mass is 9.98. The Bertz CT molecular complexity index is 1060. The van der Waals surface area contributed by atoms with Crippen molar-refractivity contribution in [1.82, 2.24) is 0 Å². The number of para-hydroxylation sites is 2. The van der Waals surface area contributed by atoms with E-state index in [0.717, 1.165) is 45.4 Å². The fourth-order valence-electron chi connectivity index (χ4n) is 3.45. The van der Waals surface area contributed by atoms with E-state index in [-0.39, 0.29) is 0 Å². The van der Waals surface area contributed by atoms with Crippen molar-refractivity contribution in [2.75, 3.05) is 0 Å². The van der Waals surface area contributed by atoms with E-state index >= 15 is 0 Å². The van der Waals surface area contributed by atoms with Gasteiger partial charge in [-0.2, -0.15) is 0 Å². The second-order valence-electron chi connectivity index (χ2n) is 7.97. The molecule has 0 bridgehead atoms. The molecule has 3 rings (SSSR count). The van der Waals surface area contributed by atoms with E-state index in [1.165, 1.54) is 11.1 Å². The van der Waals surface area contributed by atoms with Gasteiger partial charge in [0.1, 0.15) is 11.5 Å². The minimum absolute atomic E-state index is 0.417. The predicted octanol–water partition coefficient (Wildman–Crippen LogP) is 7.61. The Morgan fingerprint density at radius 2 is 1.14 bits per heavy atom. The van der Waals surface area contributed by atoms with Crippen molar-refractivity contribution >= 4 is 22.8 Å². The summed E-state index contributed by atoms with van der Waals surface area (Å²) in [6.45, 7) is 14.6. The van der Waals surface area contributed by atoms with Crippen LogP contribution in [0.25, 0.3) is 0 Å². The highest BCUT2D eigenvalue weighted by atomic mass is 16.3. The lowest BCUT2D eigenvalue weighted by Gasteiger charge is -2.12. The number of hydrogen-bond donors (Lipinski definition) is 0. The molecule has 29 heavy (non-hydrogen) atoms. The molecule has 0 aliphatic carbocycles. The number of nitrogens with zero attached hydrogens (tertiary/aromatic N) is 2. The van der Waals surface area contributed by atoms with Gasteiger partial charge in [-0.1, -0.05) is 50.2 Å². The van der Waals surface area contributed by atoms with Crippen LogP contribution < -0.4 is 0 Å². The number of aryl methyl sites for hydroxylation is 3. The Balaban J connectivity index is 1.94. The highest BCUT2D eigenvalue weighted by Crippen LogP contribution is 2.31. The summed E-state index contributed by atoms with van der Waals surface area (Å²) in [5.74, 6) is 1.96. The van der Waals surface area contributed by atoms with E-state index in [0.29, 0.717) is 5.92 Å².